The highest BCUT2D eigenvalue weighted by Crippen LogP contribution is 2.12. The molecule has 122 valence electrons. The molecule has 0 saturated heterocycles. The SMILES string of the molecule is Cc1ccc(OCC(=O)Nc2cnc(-n3ccnc3C)nc2)cc1. The number of benzene rings is 1. The molecule has 0 atom stereocenters. The molecule has 3 rings (SSSR count). The van der Waals surface area contributed by atoms with Gasteiger partial charge in [0.1, 0.15) is 11.6 Å². The van der Waals surface area contributed by atoms with Crippen molar-refractivity contribution < 1.29 is 9.53 Å². The lowest BCUT2D eigenvalue weighted by molar-refractivity contribution is -0.118. The van der Waals surface area contributed by atoms with Crippen LogP contribution in [0, 0.1) is 13.8 Å². The minimum atomic E-state index is -0.272. The van der Waals surface area contributed by atoms with E-state index in [1.54, 1.807) is 29.4 Å². The van der Waals surface area contributed by atoms with Gasteiger partial charge in [-0.2, -0.15) is 0 Å². The number of carbonyl (C=O) groups excluding carboxylic acids is 1. The lowest BCUT2D eigenvalue weighted by Gasteiger charge is -2.08. The predicted molar refractivity (Wildman–Crippen MR) is 89.2 cm³/mol. The molecule has 0 aliphatic heterocycles. The second kappa shape index (κ2) is 6.91. The molecular formula is C17H17N5O2. The second-order valence-corrected chi connectivity index (χ2v) is 5.27. The van der Waals surface area contributed by atoms with Crippen molar-refractivity contribution in [2.24, 2.45) is 0 Å². The lowest BCUT2D eigenvalue weighted by atomic mass is 10.2. The van der Waals surface area contributed by atoms with Crippen LogP contribution in [0.15, 0.2) is 49.1 Å². The van der Waals surface area contributed by atoms with Crippen molar-refractivity contribution >= 4 is 11.6 Å². The largest absolute Gasteiger partial charge is 0.484 e. The maximum absolute atomic E-state index is 11.9. The molecule has 3 aromatic rings. The number of aryl methyl sites for hydroxylation is 2. The summed E-state index contributed by atoms with van der Waals surface area (Å²) in [6, 6.07) is 7.51. The van der Waals surface area contributed by atoms with Gasteiger partial charge in [-0.25, -0.2) is 15.0 Å². The number of hydrogen-bond donors (Lipinski definition) is 1. The highest BCUT2D eigenvalue weighted by molar-refractivity contribution is 5.91. The van der Waals surface area contributed by atoms with E-state index in [1.165, 1.54) is 0 Å². The van der Waals surface area contributed by atoms with Gasteiger partial charge in [-0.05, 0) is 26.0 Å². The third kappa shape index (κ3) is 3.75. The van der Waals surface area contributed by atoms with Gasteiger partial charge < -0.3 is 10.1 Å². The second-order valence-electron chi connectivity index (χ2n) is 5.27. The first-order chi connectivity index (χ1) is 11.6. The van der Waals surface area contributed by atoms with E-state index in [0.717, 1.165) is 11.4 Å². The molecule has 0 bridgehead atoms. The molecule has 7 nitrogen and oxygen atoms in total. The van der Waals surface area contributed by atoms with Crippen molar-refractivity contribution in [1.29, 1.82) is 0 Å². The van der Waals surface area contributed by atoms with Gasteiger partial charge in [0.2, 0.25) is 5.95 Å². The molecule has 0 fully saturated rings. The predicted octanol–water partition coefficient (Wildman–Crippen LogP) is 2.30. The Hall–Kier alpha value is -3.22. The standard InChI is InChI=1S/C17H17N5O2/c1-12-3-5-15(6-4-12)24-11-16(23)21-14-9-19-17(20-10-14)22-8-7-18-13(22)2/h3-10H,11H2,1-2H3,(H,21,23). The van der Waals surface area contributed by atoms with Crippen molar-refractivity contribution in [2.75, 3.05) is 11.9 Å². The Kier molecular flexibility index (Phi) is 4.51. The van der Waals surface area contributed by atoms with E-state index >= 15 is 0 Å². The zero-order valence-electron chi connectivity index (χ0n) is 13.4. The Labute approximate surface area is 139 Å². The van der Waals surface area contributed by atoms with Crippen molar-refractivity contribution in [2.45, 2.75) is 13.8 Å². The smallest absolute Gasteiger partial charge is 0.262 e. The summed E-state index contributed by atoms with van der Waals surface area (Å²) in [5.41, 5.74) is 1.64. The number of amides is 1. The zero-order valence-corrected chi connectivity index (χ0v) is 13.4. The van der Waals surface area contributed by atoms with Crippen LogP contribution in [0.1, 0.15) is 11.4 Å². The van der Waals surface area contributed by atoms with Crippen molar-refractivity contribution in [3.8, 4) is 11.7 Å². The van der Waals surface area contributed by atoms with Gasteiger partial charge in [-0.3, -0.25) is 9.36 Å². The van der Waals surface area contributed by atoms with Crippen molar-refractivity contribution in [3.63, 3.8) is 0 Å². The highest BCUT2D eigenvalue weighted by Gasteiger charge is 2.07. The summed E-state index contributed by atoms with van der Waals surface area (Å²) in [7, 11) is 0. The fourth-order valence-corrected chi connectivity index (χ4v) is 2.08. The van der Waals surface area contributed by atoms with Crippen LogP contribution in [0.3, 0.4) is 0 Å². The van der Waals surface area contributed by atoms with Gasteiger partial charge in [0, 0.05) is 12.4 Å². The fourth-order valence-electron chi connectivity index (χ4n) is 2.08. The minimum absolute atomic E-state index is 0.0779. The van der Waals surface area contributed by atoms with Crippen LogP contribution < -0.4 is 10.1 Å². The molecule has 0 aliphatic carbocycles. The van der Waals surface area contributed by atoms with E-state index in [-0.39, 0.29) is 12.5 Å². The Morgan fingerprint density at radius 3 is 2.46 bits per heavy atom. The quantitative estimate of drug-likeness (QED) is 0.779. The Morgan fingerprint density at radius 2 is 1.83 bits per heavy atom. The molecule has 0 saturated carbocycles. The Morgan fingerprint density at radius 1 is 1.12 bits per heavy atom. The number of nitrogens with zero attached hydrogens (tertiary/aromatic N) is 4. The summed E-state index contributed by atoms with van der Waals surface area (Å²) in [5.74, 6) is 1.67. The third-order valence-electron chi connectivity index (χ3n) is 3.35. The van der Waals surface area contributed by atoms with Crippen LogP contribution in [-0.4, -0.2) is 32.0 Å². The number of anilines is 1. The number of imidazole rings is 1. The van der Waals surface area contributed by atoms with Gasteiger partial charge in [0.25, 0.3) is 5.91 Å². The molecule has 1 amide bonds. The van der Waals surface area contributed by atoms with Crippen LogP contribution in [0.25, 0.3) is 5.95 Å². The highest BCUT2D eigenvalue weighted by atomic mass is 16.5. The molecule has 2 aromatic heterocycles. The average molecular weight is 323 g/mol. The summed E-state index contributed by atoms with van der Waals surface area (Å²) in [6.45, 7) is 3.78. The number of rotatable bonds is 5. The Bertz CT molecular complexity index is 825. The Balaban J connectivity index is 1.56. The summed E-state index contributed by atoms with van der Waals surface area (Å²) >= 11 is 0. The van der Waals surface area contributed by atoms with Crippen LogP contribution in [-0.2, 0) is 4.79 Å². The molecule has 24 heavy (non-hydrogen) atoms. The summed E-state index contributed by atoms with van der Waals surface area (Å²) in [5, 5.41) is 2.70. The fraction of sp³-hybridized carbons (Fsp3) is 0.176. The first-order valence-electron chi connectivity index (χ1n) is 7.43. The molecule has 0 unspecified atom stereocenters. The van der Waals surface area contributed by atoms with E-state index in [1.807, 2.05) is 38.1 Å². The van der Waals surface area contributed by atoms with E-state index in [4.69, 9.17) is 4.74 Å². The molecular weight excluding hydrogens is 306 g/mol. The van der Waals surface area contributed by atoms with Gasteiger partial charge in [0.05, 0.1) is 18.1 Å². The van der Waals surface area contributed by atoms with Gasteiger partial charge in [-0.1, -0.05) is 17.7 Å². The lowest BCUT2D eigenvalue weighted by Crippen LogP contribution is -2.20. The average Bonchev–Trinajstić information content (AvgIpc) is 3.01. The summed E-state index contributed by atoms with van der Waals surface area (Å²) in [4.78, 5) is 24.5. The van der Waals surface area contributed by atoms with Crippen LogP contribution in [0.5, 0.6) is 5.75 Å². The zero-order chi connectivity index (χ0) is 16.9. The van der Waals surface area contributed by atoms with Gasteiger partial charge in [0.15, 0.2) is 6.61 Å². The number of aromatic nitrogens is 4. The van der Waals surface area contributed by atoms with Crippen LogP contribution in [0.2, 0.25) is 0 Å². The third-order valence-corrected chi connectivity index (χ3v) is 3.35. The normalized spacial score (nSPS) is 10.4. The van der Waals surface area contributed by atoms with Gasteiger partial charge in [-0.15, -0.1) is 0 Å². The molecule has 0 aliphatic rings. The van der Waals surface area contributed by atoms with Crippen LogP contribution in [0.4, 0.5) is 5.69 Å². The number of ether oxygens (including phenoxy) is 1. The monoisotopic (exact) mass is 323 g/mol. The molecule has 1 N–H and O–H groups in total. The van der Waals surface area contributed by atoms with Crippen LogP contribution >= 0.6 is 0 Å². The molecule has 0 radical (unpaired) electrons. The first-order valence-corrected chi connectivity index (χ1v) is 7.43. The van der Waals surface area contributed by atoms with E-state index in [2.05, 4.69) is 20.3 Å². The van der Waals surface area contributed by atoms with Crippen molar-refractivity contribution in [3.05, 3.63) is 60.4 Å². The molecule has 2 heterocycles. The first kappa shape index (κ1) is 15.7. The maximum atomic E-state index is 11.9. The van der Waals surface area contributed by atoms with E-state index in [0.29, 0.717) is 17.4 Å². The van der Waals surface area contributed by atoms with E-state index in [9.17, 15) is 4.79 Å². The topological polar surface area (TPSA) is 81.9 Å². The maximum Gasteiger partial charge on any atom is 0.262 e. The van der Waals surface area contributed by atoms with Gasteiger partial charge >= 0.3 is 0 Å². The summed E-state index contributed by atoms with van der Waals surface area (Å²) in [6.07, 6.45) is 6.55. The summed E-state index contributed by atoms with van der Waals surface area (Å²) < 4.78 is 7.18. The molecule has 7 heteroatoms. The number of hydrogen-bond acceptors (Lipinski definition) is 5. The number of nitrogens with one attached hydrogen (secondary N) is 1. The molecule has 0 spiro atoms. The molecule has 1 aromatic carbocycles. The minimum Gasteiger partial charge on any atom is -0.484 e. The number of carbonyl (C=O) groups is 1. The van der Waals surface area contributed by atoms with E-state index < -0.39 is 0 Å². The van der Waals surface area contributed by atoms with Crippen molar-refractivity contribution in [1.82, 2.24) is 19.5 Å².